The Balaban J connectivity index is 2.59. The summed E-state index contributed by atoms with van der Waals surface area (Å²) in [5, 5.41) is 0. The van der Waals surface area contributed by atoms with Gasteiger partial charge in [-0.2, -0.15) is 4.39 Å². The molecule has 4 nitrogen and oxygen atoms in total. The zero-order chi connectivity index (χ0) is 10.4. The van der Waals surface area contributed by atoms with Gasteiger partial charge < -0.3 is 4.74 Å². The van der Waals surface area contributed by atoms with E-state index in [1.165, 1.54) is 19.5 Å². The summed E-state index contributed by atoms with van der Waals surface area (Å²) in [6, 6.07) is 0. The maximum atomic E-state index is 12.2. The van der Waals surface area contributed by atoms with Gasteiger partial charge in [-0.1, -0.05) is 11.8 Å². The highest BCUT2D eigenvalue weighted by molar-refractivity contribution is 5.72. The second-order valence-electron chi connectivity index (χ2n) is 2.30. The number of nitrogens with zero attached hydrogens (tertiary/aromatic N) is 2. The van der Waals surface area contributed by atoms with Gasteiger partial charge in [-0.15, -0.1) is 0 Å². The molecule has 1 aromatic rings. The topological polar surface area (TPSA) is 52.1 Å². The normalized spacial score (nSPS) is 8.71. The van der Waals surface area contributed by atoms with Crippen LogP contribution < -0.4 is 0 Å². The van der Waals surface area contributed by atoms with Crippen LogP contribution in [0.1, 0.15) is 12.0 Å². The number of halogens is 1. The van der Waals surface area contributed by atoms with Crippen molar-refractivity contribution in [1.82, 2.24) is 9.97 Å². The Bertz CT molecular complexity index is 378. The monoisotopic (exact) mass is 194 g/mol. The van der Waals surface area contributed by atoms with E-state index in [4.69, 9.17) is 0 Å². The van der Waals surface area contributed by atoms with Crippen molar-refractivity contribution in [2.75, 3.05) is 7.11 Å². The minimum atomic E-state index is -0.802. The fourth-order valence-electron chi connectivity index (χ4n) is 0.667. The number of hydrogen-bond donors (Lipinski definition) is 0. The van der Waals surface area contributed by atoms with Crippen molar-refractivity contribution in [3.05, 3.63) is 24.0 Å². The molecule has 72 valence electrons. The summed E-state index contributed by atoms with van der Waals surface area (Å²) in [5.74, 6) is 4.72. The molecule has 0 saturated carbocycles. The van der Waals surface area contributed by atoms with Crippen LogP contribution in [0.5, 0.6) is 0 Å². The minimum absolute atomic E-state index is 0.00607. The van der Waals surface area contributed by atoms with Gasteiger partial charge in [0.1, 0.15) is 6.42 Å². The number of methoxy groups -OCH3 is 1. The quantitative estimate of drug-likeness (QED) is 0.372. The van der Waals surface area contributed by atoms with Crippen LogP contribution in [0.15, 0.2) is 12.4 Å². The molecule has 1 rings (SSSR count). The summed E-state index contributed by atoms with van der Waals surface area (Å²) in [4.78, 5) is 17.2. The van der Waals surface area contributed by atoms with E-state index >= 15 is 0 Å². The third kappa shape index (κ3) is 3.19. The third-order valence-corrected chi connectivity index (χ3v) is 1.31. The first-order valence-electron chi connectivity index (χ1n) is 3.75. The second-order valence-corrected chi connectivity index (χ2v) is 2.30. The molecule has 0 aliphatic carbocycles. The van der Waals surface area contributed by atoms with E-state index in [1.54, 1.807) is 0 Å². The molecule has 1 aromatic heterocycles. The Morgan fingerprint density at radius 3 is 2.79 bits per heavy atom. The molecule has 0 amide bonds. The fraction of sp³-hybridized carbons (Fsp3) is 0.222. The molecule has 0 atom stereocenters. The van der Waals surface area contributed by atoms with Crippen LogP contribution in [0.3, 0.4) is 0 Å². The van der Waals surface area contributed by atoms with Crippen LogP contribution in [0.2, 0.25) is 0 Å². The second kappa shape index (κ2) is 4.92. The zero-order valence-electron chi connectivity index (χ0n) is 7.45. The predicted octanol–water partition coefficient (Wildman–Crippen LogP) is 0.530. The van der Waals surface area contributed by atoms with Gasteiger partial charge in [0.15, 0.2) is 0 Å². The van der Waals surface area contributed by atoms with Gasteiger partial charge >= 0.3 is 12.0 Å². The number of ether oxygens (including phenoxy) is 1. The average Bonchev–Trinajstić information content (AvgIpc) is 2.21. The van der Waals surface area contributed by atoms with E-state index < -0.39 is 12.0 Å². The van der Waals surface area contributed by atoms with Crippen LogP contribution in [0.4, 0.5) is 4.39 Å². The highest BCUT2D eigenvalue weighted by atomic mass is 19.1. The van der Waals surface area contributed by atoms with E-state index in [0.717, 1.165) is 0 Å². The molecule has 0 fully saturated rings. The summed E-state index contributed by atoms with van der Waals surface area (Å²) in [5.41, 5.74) is 0.454. The fourth-order valence-corrected chi connectivity index (χ4v) is 0.667. The molecule has 5 heteroatoms. The van der Waals surface area contributed by atoms with Crippen molar-refractivity contribution in [1.29, 1.82) is 0 Å². The maximum absolute atomic E-state index is 12.2. The Morgan fingerprint density at radius 2 is 2.21 bits per heavy atom. The van der Waals surface area contributed by atoms with Crippen LogP contribution in [0.25, 0.3) is 0 Å². The van der Waals surface area contributed by atoms with Crippen molar-refractivity contribution in [2.24, 2.45) is 0 Å². The van der Waals surface area contributed by atoms with Crippen molar-refractivity contribution in [3.63, 3.8) is 0 Å². The molecule has 0 saturated heterocycles. The van der Waals surface area contributed by atoms with Crippen molar-refractivity contribution >= 4 is 5.97 Å². The Hall–Kier alpha value is -1.96. The summed E-state index contributed by atoms with van der Waals surface area (Å²) >= 11 is 0. The first-order valence-corrected chi connectivity index (χ1v) is 3.75. The number of carbonyl (C=O) groups is 1. The van der Waals surface area contributed by atoms with E-state index in [9.17, 15) is 9.18 Å². The number of rotatable bonds is 1. The third-order valence-electron chi connectivity index (χ3n) is 1.31. The van der Waals surface area contributed by atoms with Gasteiger partial charge in [0.2, 0.25) is 0 Å². The molecular formula is C9H7FN2O2. The molecule has 0 aromatic carbocycles. The van der Waals surface area contributed by atoms with Gasteiger partial charge in [-0.05, 0) is 0 Å². The van der Waals surface area contributed by atoms with E-state index in [2.05, 4.69) is 26.5 Å². The van der Waals surface area contributed by atoms with Crippen LogP contribution in [-0.4, -0.2) is 23.0 Å². The van der Waals surface area contributed by atoms with Crippen LogP contribution in [-0.2, 0) is 9.53 Å². The van der Waals surface area contributed by atoms with Gasteiger partial charge in [0.05, 0.1) is 12.7 Å². The van der Waals surface area contributed by atoms with Crippen molar-refractivity contribution in [2.45, 2.75) is 6.42 Å². The minimum Gasteiger partial charge on any atom is -0.468 e. The van der Waals surface area contributed by atoms with Gasteiger partial charge in [-0.3, -0.25) is 4.79 Å². The molecule has 1 heterocycles. The molecule has 0 radical (unpaired) electrons. The first kappa shape index (κ1) is 10.1. The summed E-state index contributed by atoms with van der Waals surface area (Å²) in [6.07, 6.45) is 1.68. The van der Waals surface area contributed by atoms with E-state index in [0.29, 0.717) is 5.56 Å². The molecular weight excluding hydrogens is 187 g/mol. The molecule has 0 spiro atoms. The molecule has 0 aliphatic heterocycles. The van der Waals surface area contributed by atoms with Gasteiger partial charge in [-0.25, -0.2) is 9.97 Å². The van der Waals surface area contributed by atoms with E-state index in [1.807, 2.05) is 0 Å². The lowest BCUT2D eigenvalue weighted by atomic mass is 10.3. The highest BCUT2D eigenvalue weighted by Gasteiger charge is 1.94. The van der Waals surface area contributed by atoms with Crippen LogP contribution in [0, 0.1) is 17.9 Å². The standard InChI is InChI=1S/C9H7FN2O2/c1-14-8(13)4-2-3-7-5-11-9(10)12-6-7/h5-6H,4H2,1H3. The van der Waals surface area contributed by atoms with E-state index in [-0.39, 0.29) is 6.42 Å². The van der Waals surface area contributed by atoms with Gasteiger partial charge in [0, 0.05) is 12.4 Å². The number of hydrogen-bond acceptors (Lipinski definition) is 4. The lowest BCUT2D eigenvalue weighted by molar-refractivity contribution is -0.139. The summed E-state index contributed by atoms with van der Waals surface area (Å²) in [6.45, 7) is 0. The van der Waals surface area contributed by atoms with Crippen molar-refractivity contribution in [3.8, 4) is 11.8 Å². The van der Waals surface area contributed by atoms with Crippen molar-refractivity contribution < 1.29 is 13.9 Å². The lowest BCUT2D eigenvalue weighted by Gasteiger charge is -1.89. The molecule has 0 unspecified atom stereocenters. The Kier molecular flexibility index (Phi) is 3.56. The number of aromatic nitrogens is 2. The van der Waals surface area contributed by atoms with Gasteiger partial charge in [0.25, 0.3) is 0 Å². The number of esters is 1. The Morgan fingerprint density at radius 1 is 1.57 bits per heavy atom. The molecule has 14 heavy (non-hydrogen) atoms. The van der Waals surface area contributed by atoms with Crippen LogP contribution >= 0.6 is 0 Å². The smallest absolute Gasteiger partial charge is 0.317 e. The summed E-state index contributed by atoms with van der Waals surface area (Å²) in [7, 11) is 1.28. The first-order chi connectivity index (χ1) is 6.72. The Labute approximate surface area is 80.1 Å². The maximum Gasteiger partial charge on any atom is 0.317 e. The molecule has 0 N–H and O–H groups in total. The SMILES string of the molecule is COC(=O)CC#Cc1cnc(F)nc1. The zero-order valence-corrected chi connectivity index (χ0v) is 7.45. The summed E-state index contributed by atoms with van der Waals surface area (Å²) < 4.78 is 16.6. The predicted molar refractivity (Wildman–Crippen MR) is 45.5 cm³/mol. The molecule has 0 aliphatic rings. The average molecular weight is 194 g/mol. The largest absolute Gasteiger partial charge is 0.468 e. The molecule has 0 bridgehead atoms. The highest BCUT2D eigenvalue weighted by Crippen LogP contribution is 1.92. The lowest BCUT2D eigenvalue weighted by Crippen LogP contribution is -1.97. The number of carbonyl (C=O) groups excluding carboxylic acids is 1.